The number of halogens is 2. The number of fused-ring (bicyclic) bond motifs is 2. The minimum absolute atomic E-state index is 0.00634. The van der Waals surface area contributed by atoms with Crippen LogP contribution in [0.2, 0.25) is 0 Å². The van der Waals surface area contributed by atoms with Crippen molar-refractivity contribution in [3.63, 3.8) is 0 Å². The van der Waals surface area contributed by atoms with Crippen LogP contribution in [0.4, 0.5) is 20.3 Å². The molecule has 0 aliphatic carbocycles. The van der Waals surface area contributed by atoms with Crippen LogP contribution >= 0.6 is 0 Å². The van der Waals surface area contributed by atoms with Crippen molar-refractivity contribution in [2.45, 2.75) is 25.3 Å². The van der Waals surface area contributed by atoms with Gasteiger partial charge in [-0.1, -0.05) is 0 Å². The SMILES string of the molecule is Nc1ncnc2c1ncn2Cc1c(N2CCC(N)C2)ccc2c1OC(F)(F)O2. The third-order valence-corrected chi connectivity index (χ3v) is 4.97. The molecule has 0 radical (unpaired) electrons. The summed E-state index contributed by atoms with van der Waals surface area (Å²) in [6, 6.07) is 3.27. The fraction of sp³-hybridized carbons (Fsp3) is 0.353. The van der Waals surface area contributed by atoms with Gasteiger partial charge < -0.3 is 30.4 Å². The van der Waals surface area contributed by atoms with Crippen LogP contribution in [0.1, 0.15) is 12.0 Å². The number of benzene rings is 1. The van der Waals surface area contributed by atoms with Crippen molar-refractivity contribution < 1.29 is 18.3 Å². The molecule has 5 rings (SSSR count). The van der Waals surface area contributed by atoms with Gasteiger partial charge in [-0.25, -0.2) is 15.0 Å². The van der Waals surface area contributed by atoms with Gasteiger partial charge in [-0.2, -0.15) is 0 Å². The van der Waals surface area contributed by atoms with Crippen LogP contribution in [-0.4, -0.2) is 44.9 Å². The predicted molar refractivity (Wildman–Crippen MR) is 96.3 cm³/mol. The average Bonchev–Trinajstić information content (AvgIpc) is 3.32. The maximum absolute atomic E-state index is 13.7. The number of nitrogen functional groups attached to an aromatic ring is 1. The molecule has 2 aliphatic rings. The number of alkyl halides is 2. The van der Waals surface area contributed by atoms with Crippen LogP contribution in [-0.2, 0) is 6.54 Å². The molecular formula is C17H17F2N7O2. The second kappa shape index (κ2) is 5.89. The maximum Gasteiger partial charge on any atom is 0.586 e. The zero-order valence-corrected chi connectivity index (χ0v) is 14.7. The number of imidazole rings is 1. The summed E-state index contributed by atoms with van der Waals surface area (Å²) in [7, 11) is 0. The van der Waals surface area contributed by atoms with E-state index in [0.29, 0.717) is 23.3 Å². The van der Waals surface area contributed by atoms with E-state index in [2.05, 4.69) is 24.6 Å². The molecule has 3 aromatic rings. The second-order valence-corrected chi connectivity index (χ2v) is 6.86. The van der Waals surface area contributed by atoms with Crippen molar-refractivity contribution in [2.24, 2.45) is 5.73 Å². The van der Waals surface area contributed by atoms with Gasteiger partial charge in [-0.15, -0.1) is 8.78 Å². The van der Waals surface area contributed by atoms with E-state index >= 15 is 0 Å². The minimum atomic E-state index is -3.71. The van der Waals surface area contributed by atoms with Crippen molar-refractivity contribution in [3.05, 3.63) is 30.4 Å². The zero-order valence-electron chi connectivity index (χ0n) is 14.7. The van der Waals surface area contributed by atoms with E-state index in [4.69, 9.17) is 16.2 Å². The number of hydrogen-bond acceptors (Lipinski definition) is 8. The summed E-state index contributed by atoms with van der Waals surface area (Å²) in [5.41, 5.74) is 14.1. The van der Waals surface area contributed by atoms with E-state index in [0.717, 1.165) is 18.7 Å². The van der Waals surface area contributed by atoms with E-state index in [1.54, 1.807) is 17.0 Å². The lowest BCUT2D eigenvalue weighted by molar-refractivity contribution is -0.286. The Morgan fingerprint density at radius 2 is 2.07 bits per heavy atom. The quantitative estimate of drug-likeness (QED) is 0.689. The number of hydrogen-bond donors (Lipinski definition) is 2. The molecule has 2 aliphatic heterocycles. The molecule has 9 nitrogen and oxygen atoms in total. The highest BCUT2D eigenvalue weighted by molar-refractivity contribution is 5.81. The van der Waals surface area contributed by atoms with Crippen molar-refractivity contribution in [1.82, 2.24) is 19.5 Å². The molecule has 1 saturated heterocycles. The Kier molecular flexibility index (Phi) is 3.56. The number of nitrogens with zero attached hydrogens (tertiary/aromatic N) is 5. The molecule has 11 heteroatoms. The second-order valence-electron chi connectivity index (χ2n) is 6.86. The summed E-state index contributed by atoms with van der Waals surface area (Å²) in [5.74, 6) is 0.247. The molecule has 1 aromatic carbocycles. The Hall–Kier alpha value is -3.21. The highest BCUT2D eigenvalue weighted by Gasteiger charge is 2.45. The van der Waals surface area contributed by atoms with Crippen LogP contribution in [0.5, 0.6) is 11.5 Å². The molecule has 0 bridgehead atoms. The van der Waals surface area contributed by atoms with Crippen LogP contribution in [0.15, 0.2) is 24.8 Å². The summed E-state index contributed by atoms with van der Waals surface area (Å²) < 4.78 is 38.6. The monoisotopic (exact) mass is 389 g/mol. The van der Waals surface area contributed by atoms with Gasteiger partial charge in [-0.05, 0) is 18.6 Å². The third-order valence-electron chi connectivity index (χ3n) is 4.97. The van der Waals surface area contributed by atoms with E-state index in [1.807, 2.05) is 0 Å². The number of ether oxygens (including phenoxy) is 2. The summed E-state index contributed by atoms with van der Waals surface area (Å²) in [5, 5.41) is 0. The minimum Gasteiger partial charge on any atom is -0.395 e. The van der Waals surface area contributed by atoms with Crippen LogP contribution in [0, 0.1) is 0 Å². The molecule has 2 aromatic heterocycles. The molecule has 0 amide bonds. The topological polar surface area (TPSA) is 117 Å². The molecule has 0 spiro atoms. The van der Waals surface area contributed by atoms with Crippen molar-refractivity contribution in [3.8, 4) is 11.5 Å². The van der Waals surface area contributed by atoms with Gasteiger partial charge in [0.2, 0.25) is 0 Å². The normalized spacial score (nSPS) is 20.2. The Morgan fingerprint density at radius 3 is 2.86 bits per heavy atom. The first-order valence-electron chi connectivity index (χ1n) is 8.75. The number of aromatic nitrogens is 4. The van der Waals surface area contributed by atoms with Gasteiger partial charge in [0.05, 0.1) is 12.9 Å². The first-order chi connectivity index (χ1) is 13.4. The average molecular weight is 389 g/mol. The highest BCUT2D eigenvalue weighted by Crippen LogP contribution is 2.47. The lowest BCUT2D eigenvalue weighted by Crippen LogP contribution is -2.27. The van der Waals surface area contributed by atoms with Crippen molar-refractivity contribution in [1.29, 1.82) is 0 Å². The molecule has 0 saturated carbocycles. The smallest absolute Gasteiger partial charge is 0.395 e. The largest absolute Gasteiger partial charge is 0.586 e. The van der Waals surface area contributed by atoms with Gasteiger partial charge in [0.15, 0.2) is 23.0 Å². The molecule has 146 valence electrons. The molecule has 1 atom stereocenters. The highest BCUT2D eigenvalue weighted by atomic mass is 19.3. The summed E-state index contributed by atoms with van der Waals surface area (Å²) >= 11 is 0. The van der Waals surface area contributed by atoms with Crippen LogP contribution < -0.4 is 25.8 Å². The fourth-order valence-electron chi connectivity index (χ4n) is 3.70. The Morgan fingerprint density at radius 1 is 1.21 bits per heavy atom. The first-order valence-corrected chi connectivity index (χ1v) is 8.75. The van der Waals surface area contributed by atoms with Gasteiger partial charge >= 0.3 is 6.29 Å². The molecule has 4 heterocycles. The summed E-state index contributed by atoms with van der Waals surface area (Å²) in [4.78, 5) is 14.4. The molecule has 1 unspecified atom stereocenters. The van der Waals surface area contributed by atoms with Gasteiger partial charge in [0.1, 0.15) is 11.8 Å². The first kappa shape index (κ1) is 16.9. The lowest BCUT2D eigenvalue weighted by atomic mass is 10.1. The molecule has 1 fully saturated rings. The van der Waals surface area contributed by atoms with E-state index in [9.17, 15) is 8.78 Å². The van der Waals surface area contributed by atoms with Crippen LogP contribution in [0.25, 0.3) is 11.2 Å². The number of nitrogens with two attached hydrogens (primary N) is 2. The Bertz CT molecular complexity index is 1070. The van der Waals surface area contributed by atoms with E-state index in [1.165, 1.54) is 12.4 Å². The Labute approximate surface area is 157 Å². The summed E-state index contributed by atoms with van der Waals surface area (Å²) in [6.45, 7) is 1.55. The van der Waals surface area contributed by atoms with Crippen LogP contribution in [0.3, 0.4) is 0 Å². The van der Waals surface area contributed by atoms with E-state index in [-0.39, 0.29) is 29.9 Å². The van der Waals surface area contributed by atoms with Crippen molar-refractivity contribution >= 4 is 22.7 Å². The summed E-state index contributed by atoms with van der Waals surface area (Å²) in [6.07, 6.45) is -0.00942. The molecular weight excluding hydrogens is 372 g/mol. The Balaban J connectivity index is 1.62. The molecule has 4 N–H and O–H groups in total. The third kappa shape index (κ3) is 2.66. The predicted octanol–water partition coefficient (Wildman–Crippen LogP) is 1.32. The van der Waals surface area contributed by atoms with E-state index < -0.39 is 6.29 Å². The number of rotatable bonds is 3. The van der Waals surface area contributed by atoms with Crippen molar-refractivity contribution in [2.75, 3.05) is 23.7 Å². The number of anilines is 2. The molecule has 28 heavy (non-hydrogen) atoms. The van der Waals surface area contributed by atoms with Gasteiger partial charge in [0, 0.05) is 30.4 Å². The lowest BCUT2D eigenvalue weighted by Gasteiger charge is -2.23. The fourth-order valence-corrected chi connectivity index (χ4v) is 3.70. The van der Waals surface area contributed by atoms with Gasteiger partial charge in [-0.3, -0.25) is 0 Å². The zero-order chi connectivity index (χ0) is 19.5. The maximum atomic E-state index is 13.7. The standard InChI is InChI=1S/C17H17F2N7O2/c18-17(19)27-12-2-1-11(25-4-3-9(20)5-25)10(14(12)28-17)6-26-8-24-13-15(21)22-7-23-16(13)26/h1-2,7-9H,3-6,20H2,(H2,21,22,23). The van der Waals surface area contributed by atoms with Gasteiger partial charge in [0.25, 0.3) is 0 Å².